The van der Waals surface area contributed by atoms with Crippen LogP contribution in [-0.4, -0.2) is 48.7 Å². The topological polar surface area (TPSA) is 85.3 Å². The van der Waals surface area contributed by atoms with Gasteiger partial charge in [-0.2, -0.15) is 0 Å². The molecule has 2 aromatic carbocycles. The van der Waals surface area contributed by atoms with Crippen LogP contribution in [0.4, 0.5) is 10.5 Å². The summed E-state index contributed by atoms with van der Waals surface area (Å²) in [6.45, 7) is 0.286. The maximum absolute atomic E-state index is 12.4. The first-order valence-corrected chi connectivity index (χ1v) is 9.68. The molecule has 29 heavy (non-hydrogen) atoms. The van der Waals surface area contributed by atoms with Crippen LogP contribution in [0, 0.1) is 0 Å². The third kappa shape index (κ3) is 5.29. The molecule has 0 bridgehead atoms. The zero-order valence-electron chi connectivity index (χ0n) is 15.8. The van der Waals surface area contributed by atoms with Crippen LogP contribution < -0.4 is 0 Å². The highest BCUT2D eigenvalue weighted by Crippen LogP contribution is 2.30. The van der Waals surface area contributed by atoms with Crippen molar-refractivity contribution in [3.63, 3.8) is 0 Å². The van der Waals surface area contributed by atoms with Crippen LogP contribution in [0.25, 0.3) is 0 Å². The van der Waals surface area contributed by atoms with Gasteiger partial charge in [0.15, 0.2) is 5.78 Å². The zero-order valence-corrected chi connectivity index (χ0v) is 17.3. The Bertz CT molecular complexity index is 959. The lowest BCUT2D eigenvalue weighted by Crippen LogP contribution is -2.44. The van der Waals surface area contributed by atoms with Crippen LogP contribution in [0.1, 0.15) is 22.3 Å². The SMILES string of the molecule is COC(=O)c1cccc(N=C2CC(=O)CN(C(=O)OCc3ccccc3)C2)c1Br. The molecule has 0 unspecified atom stereocenters. The van der Waals surface area contributed by atoms with Gasteiger partial charge in [-0.05, 0) is 33.6 Å². The Kier molecular flexibility index (Phi) is 6.77. The number of halogens is 1. The van der Waals surface area contributed by atoms with Gasteiger partial charge in [-0.3, -0.25) is 14.7 Å². The molecule has 1 heterocycles. The number of ketones is 1. The third-order valence-electron chi connectivity index (χ3n) is 4.27. The molecule has 1 fully saturated rings. The van der Waals surface area contributed by atoms with Crippen molar-refractivity contribution in [3.8, 4) is 0 Å². The maximum Gasteiger partial charge on any atom is 0.410 e. The lowest BCUT2D eigenvalue weighted by atomic mass is 10.1. The number of rotatable bonds is 4. The fourth-order valence-electron chi connectivity index (χ4n) is 2.89. The molecule has 3 rings (SSSR count). The van der Waals surface area contributed by atoms with E-state index in [-0.39, 0.29) is 31.9 Å². The van der Waals surface area contributed by atoms with E-state index in [1.807, 2.05) is 30.3 Å². The van der Waals surface area contributed by atoms with Crippen molar-refractivity contribution in [1.29, 1.82) is 0 Å². The predicted molar refractivity (Wildman–Crippen MR) is 110 cm³/mol. The van der Waals surface area contributed by atoms with Crippen molar-refractivity contribution in [2.75, 3.05) is 20.2 Å². The molecule has 0 radical (unpaired) electrons. The Morgan fingerprint density at radius 1 is 1.10 bits per heavy atom. The fraction of sp³-hybridized carbons (Fsp3) is 0.238. The van der Waals surface area contributed by atoms with Gasteiger partial charge >= 0.3 is 12.1 Å². The molecule has 0 N–H and O–H groups in total. The molecule has 0 atom stereocenters. The smallest absolute Gasteiger partial charge is 0.410 e. The molecule has 8 heteroatoms. The van der Waals surface area contributed by atoms with Gasteiger partial charge in [0.05, 0.1) is 35.9 Å². The van der Waals surface area contributed by atoms with E-state index in [4.69, 9.17) is 9.47 Å². The van der Waals surface area contributed by atoms with Gasteiger partial charge in [0.2, 0.25) is 0 Å². The highest BCUT2D eigenvalue weighted by atomic mass is 79.9. The van der Waals surface area contributed by atoms with Gasteiger partial charge in [-0.1, -0.05) is 36.4 Å². The zero-order chi connectivity index (χ0) is 20.8. The number of amides is 1. The number of carbonyl (C=O) groups excluding carboxylic acids is 3. The molecule has 1 aliphatic heterocycles. The van der Waals surface area contributed by atoms with Crippen LogP contribution >= 0.6 is 15.9 Å². The number of ether oxygens (including phenoxy) is 2. The van der Waals surface area contributed by atoms with Gasteiger partial charge in [-0.25, -0.2) is 9.59 Å². The molecule has 1 saturated heterocycles. The first kappa shape index (κ1) is 20.7. The average molecular weight is 459 g/mol. The van der Waals surface area contributed by atoms with Gasteiger partial charge in [0.25, 0.3) is 0 Å². The van der Waals surface area contributed by atoms with Crippen LogP contribution in [0.3, 0.4) is 0 Å². The first-order valence-electron chi connectivity index (χ1n) is 8.88. The monoisotopic (exact) mass is 458 g/mol. The normalized spacial score (nSPS) is 15.3. The molecule has 0 saturated carbocycles. The van der Waals surface area contributed by atoms with E-state index in [0.29, 0.717) is 21.4 Å². The van der Waals surface area contributed by atoms with E-state index in [2.05, 4.69) is 20.9 Å². The van der Waals surface area contributed by atoms with Crippen LogP contribution in [0.5, 0.6) is 0 Å². The molecule has 1 amide bonds. The van der Waals surface area contributed by atoms with E-state index >= 15 is 0 Å². The number of likely N-dealkylation sites (tertiary alicyclic amines) is 1. The third-order valence-corrected chi connectivity index (χ3v) is 5.10. The molecule has 2 aromatic rings. The predicted octanol–water partition coefficient (Wildman–Crippen LogP) is 3.92. The highest BCUT2D eigenvalue weighted by Gasteiger charge is 2.27. The van der Waals surface area contributed by atoms with Crippen molar-refractivity contribution >= 4 is 45.2 Å². The van der Waals surface area contributed by atoms with E-state index in [0.717, 1.165) is 5.56 Å². The summed E-state index contributed by atoms with van der Waals surface area (Å²) in [6, 6.07) is 14.3. The summed E-state index contributed by atoms with van der Waals surface area (Å²) < 4.78 is 10.5. The lowest BCUT2D eigenvalue weighted by molar-refractivity contribution is -0.119. The molecule has 0 aliphatic carbocycles. The van der Waals surface area contributed by atoms with Gasteiger partial charge < -0.3 is 9.47 Å². The fourth-order valence-corrected chi connectivity index (χ4v) is 3.40. The number of nitrogens with zero attached hydrogens (tertiary/aromatic N) is 2. The van der Waals surface area contributed by atoms with Gasteiger partial charge in [0, 0.05) is 12.1 Å². The van der Waals surface area contributed by atoms with Crippen LogP contribution in [-0.2, 0) is 20.9 Å². The largest absolute Gasteiger partial charge is 0.465 e. The minimum absolute atomic E-state index is 0.0178. The second kappa shape index (κ2) is 9.47. The summed E-state index contributed by atoms with van der Waals surface area (Å²) >= 11 is 3.36. The summed E-state index contributed by atoms with van der Waals surface area (Å²) in [4.78, 5) is 42.2. The van der Waals surface area contributed by atoms with Gasteiger partial charge in [0.1, 0.15) is 6.61 Å². The minimum Gasteiger partial charge on any atom is -0.465 e. The second-order valence-electron chi connectivity index (χ2n) is 6.42. The van der Waals surface area contributed by atoms with E-state index in [1.165, 1.54) is 12.0 Å². The van der Waals surface area contributed by atoms with Crippen molar-refractivity contribution in [2.24, 2.45) is 4.99 Å². The summed E-state index contributed by atoms with van der Waals surface area (Å²) in [5, 5.41) is 0. The summed E-state index contributed by atoms with van der Waals surface area (Å²) in [5.41, 5.74) is 2.19. The number of esters is 1. The Morgan fingerprint density at radius 3 is 2.59 bits per heavy atom. The molecular weight excluding hydrogens is 440 g/mol. The summed E-state index contributed by atoms with van der Waals surface area (Å²) in [7, 11) is 1.30. The quantitative estimate of drug-likeness (QED) is 0.648. The van der Waals surface area contributed by atoms with E-state index in [1.54, 1.807) is 18.2 Å². The number of carbonyl (C=O) groups is 3. The summed E-state index contributed by atoms with van der Waals surface area (Å²) in [6.07, 6.45) is -0.436. The lowest BCUT2D eigenvalue weighted by Gasteiger charge is -2.26. The number of aliphatic imine (C=N–C) groups is 1. The molecule has 0 aromatic heterocycles. The Labute approximate surface area is 176 Å². The Morgan fingerprint density at radius 2 is 1.86 bits per heavy atom. The van der Waals surface area contributed by atoms with Gasteiger partial charge in [-0.15, -0.1) is 0 Å². The van der Waals surface area contributed by atoms with Crippen molar-refractivity contribution in [2.45, 2.75) is 13.0 Å². The maximum atomic E-state index is 12.4. The summed E-state index contributed by atoms with van der Waals surface area (Å²) in [5.74, 6) is -0.628. The first-order chi connectivity index (χ1) is 14.0. The van der Waals surface area contributed by atoms with E-state index in [9.17, 15) is 14.4 Å². The Hall–Kier alpha value is -3.00. The van der Waals surface area contributed by atoms with Crippen LogP contribution in [0.2, 0.25) is 0 Å². The van der Waals surface area contributed by atoms with E-state index < -0.39 is 12.1 Å². The van der Waals surface area contributed by atoms with Crippen LogP contribution in [0.15, 0.2) is 58.0 Å². The number of methoxy groups -OCH3 is 1. The van der Waals surface area contributed by atoms with Crippen molar-refractivity contribution in [3.05, 3.63) is 64.1 Å². The average Bonchev–Trinajstić information content (AvgIpc) is 2.73. The number of hydrogen-bond donors (Lipinski definition) is 0. The van der Waals surface area contributed by atoms with Crippen molar-refractivity contribution in [1.82, 2.24) is 4.90 Å². The minimum atomic E-state index is -0.572. The molecule has 7 nitrogen and oxygen atoms in total. The molecule has 1 aliphatic rings. The molecule has 0 spiro atoms. The number of hydrogen-bond acceptors (Lipinski definition) is 6. The highest BCUT2D eigenvalue weighted by molar-refractivity contribution is 9.10. The number of piperidine rings is 1. The number of Topliss-reactive ketones (excluding diaryl/α,β-unsaturated/α-hetero) is 1. The van der Waals surface area contributed by atoms with Crippen molar-refractivity contribution < 1.29 is 23.9 Å². The number of benzene rings is 2. The standard InChI is InChI=1S/C21H19BrN2O5/c1-28-20(26)17-8-5-9-18(19(17)22)23-15-10-16(25)12-24(11-15)21(27)29-13-14-6-3-2-4-7-14/h2-9H,10-13H2,1H3. The Balaban J connectivity index is 1.73. The molecular formula is C21H19BrN2O5. The molecule has 150 valence electrons. The second-order valence-corrected chi connectivity index (χ2v) is 7.21.